The summed E-state index contributed by atoms with van der Waals surface area (Å²) in [7, 11) is 1.63. The second kappa shape index (κ2) is 4.92. The molecule has 0 aliphatic carbocycles. The van der Waals surface area contributed by atoms with Gasteiger partial charge in [0.15, 0.2) is 0 Å². The van der Waals surface area contributed by atoms with Crippen molar-refractivity contribution in [3.05, 3.63) is 34.4 Å². The summed E-state index contributed by atoms with van der Waals surface area (Å²) >= 11 is 0. The van der Waals surface area contributed by atoms with Crippen molar-refractivity contribution in [3.8, 4) is 0 Å². The molecule has 0 unspecified atom stereocenters. The first-order valence-electron chi connectivity index (χ1n) is 5.23. The molecule has 86 valence electrons. The average Bonchev–Trinajstić information content (AvgIpc) is 2.28. The fourth-order valence-corrected chi connectivity index (χ4v) is 1.61. The molecule has 0 saturated heterocycles. The van der Waals surface area contributed by atoms with E-state index >= 15 is 0 Å². The van der Waals surface area contributed by atoms with E-state index in [1.54, 1.807) is 7.05 Å². The van der Waals surface area contributed by atoms with Crippen molar-refractivity contribution < 1.29 is 9.59 Å². The maximum absolute atomic E-state index is 11.1. The second-order valence-corrected chi connectivity index (χ2v) is 4.10. The molecule has 1 rings (SSSR count). The van der Waals surface area contributed by atoms with Gasteiger partial charge in [0.2, 0.25) is 6.29 Å². The number of hydrogen-bond acceptors (Lipinski definition) is 2. The molecule has 0 heterocycles. The lowest BCUT2D eigenvalue weighted by Crippen LogP contribution is -2.27. The van der Waals surface area contributed by atoms with Crippen LogP contribution in [0.25, 0.3) is 0 Å². The first-order chi connectivity index (χ1) is 7.47. The summed E-state index contributed by atoms with van der Waals surface area (Å²) in [5, 5.41) is 0. The normalized spacial score (nSPS) is 10.0. The highest BCUT2D eigenvalue weighted by Gasteiger charge is 2.10. The third-order valence-electron chi connectivity index (χ3n) is 3.05. The summed E-state index contributed by atoms with van der Waals surface area (Å²) in [5.41, 5.74) is 4.75. The Labute approximate surface area is 96.1 Å². The number of rotatable bonds is 3. The minimum absolute atomic E-state index is 0.344. The fraction of sp³-hybridized carbons (Fsp3) is 0.385. The van der Waals surface area contributed by atoms with Crippen molar-refractivity contribution in [2.24, 2.45) is 0 Å². The lowest BCUT2D eigenvalue weighted by atomic mass is 9.98. The van der Waals surface area contributed by atoms with Gasteiger partial charge in [-0.25, -0.2) is 0 Å². The molecule has 0 saturated carbocycles. The molecule has 0 aromatic heterocycles. The van der Waals surface area contributed by atoms with Gasteiger partial charge in [-0.1, -0.05) is 12.1 Å². The Bertz CT molecular complexity index is 424. The smallest absolute Gasteiger partial charge is 0.286 e. The van der Waals surface area contributed by atoms with Gasteiger partial charge in [-0.2, -0.15) is 0 Å². The van der Waals surface area contributed by atoms with Crippen LogP contribution in [-0.2, 0) is 16.1 Å². The summed E-state index contributed by atoms with van der Waals surface area (Å²) in [6.45, 7) is 6.64. The standard InChI is InChI=1S/C13H17NO2/c1-9-5-6-12(11(3)10(9)2)7-14(4)13(16)8-15/h5-6,8H,7H2,1-4H3. The lowest BCUT2D eigenvalue weighted by molar-refractivity contribution is -0.138. The molecule has 0 atom stereocenters. The van der Waals surface area contributed by atoms with Gasteiger partial charge in [0.25, 0.3) is 5.91 Å². The predicted octanol–water partition coefficient (Wildman–Crippen LogP) is 1.77. The van der Waals surface area contributed by atoms with Gasteiger partial charge in [0, 0.05) is 13.6 Å². The fourth-order valence-electron chi connectivity index (χ4n) is 1.61. The third kappa shape index (κ3) is 2.48. The van der Waals surface area contributed by atoms with Crippen LogP contribution in [0.3, 0.4) is 0 Å². The van der Waals surface area contributed by atoms with Gasteiger partial charge < -0.3 is 4.90 Å². The van der Waals surface area contributed by atoms with E-state index in [0.717, 1.165) is 5.56 Å². The minimum Gasteiger partial charge on any atom is -0.335 e. The molecule has 3 heteroatoms. The Hall–Kier alpha value is -1.64. The molecular formula is C13H17NO2. The lowest BCUT2D eigenvalue weighted by Gasteiger charge is -2.17. The highest BCUT2D eigenvalue weighted by atomic mass is 16.2. The number of hydrogen-bond donors (Lipinski definition) is 0. The van der Waals surface area contributed by atoms with Crippen LogP contribution in [0.4, 0.5) is 0 Å². The van der Waals surface area contributed by atoms with Crippen molar-refractivity contribution in [2.45, 2.75) is 27.3 Å². The molecule has 0 bridgehead atoms. The van der Waals surface area contributed by atoms with Crippen LogP contribution >= 0.6 is 0 Å². The van der Waals surface area contributed by atoms with Crippen molar-refractivity contribution in [2.75, 3.05) is 7.05 Å². The van der Waals surface area contributed by atoms with Crippen molar-refractivity contribution in [1.82, 2.24) is 4.90 Å². The van der Waals surface area contributed by atoms with E-state index in [9.17, 15) is 9.59 Å². The van der Waals surface area contributed by atoms with Crippen molar-refractivity contribution >= 4 is 12.2 Å². The van der Waals surface area contributed by atoms with E-state index in [4.69, 9.17) is 0 Å². The van der Waals surface area contributed by atoms with Gasteiger partial charge in [-0.3, -0.25) is 9.59 Å². The molecule has 0 aliphatic heterocycles. The van der Waals surface area contributed by atoms with Crippen LogP contribution in [-0.4, -0.2) is 24.1 Å². The van der Waals surface area contributed by atoms with Gasteiger partial charge in [-0.15, -0.1) is 0 Å². The molecule has 1 aromatic carbocycles. The van der Waals surface area contributed by atoms with Crippen LogP contribution in [0.5, 0.6) is 0 Å². The zero-order chi connectivity index (χ0) is 12.3. The molecule has 0 aliphatic rings. The van der Waals surface area contributed by atoms with Crippen LogP contribution in [0.2, 0.25) is 0 Å². The Kier molecular flexibility index (Phi) is 3.82. The van der Waals surface area contributed by atoms with E-state index < -0.39 is 5.91 Å². The number of carbonyl (C=O) groups is 2. The maximum Gasteiger partial charge on any atom is 0.286 e. The van der Waals surface area contributed by atoms with E-state index in [1.165, 1.54) is 21.6 Å². The van der Waals surface area contributed by atoms with Crippen molar-refractivity contribution in [3.63, 3.8) is 0 Å². The first-order valence-corrected chi connectivity index (χ1v) is 5.23. The van der Waals surface area contributed by atoms with E-state index in [1.807, 2.05) is 19.1 Å². The van der Waals surface area contributed by atoms with Gasteiger partial charge in [0.05, 0.1) is 0 Å². The molecule has 0 fully saturated rings. The molecule has 16 heavy (non-hydrogen) atoms. The van der Waals surface area contributed by atoms with Crippen LogP contribution in [0.1, 0.15) is 22.3 Å². The summed E-state index contributed by atoms with van der Waals surface area (Å²) in [5.74, 6) is -0.488. The Balaban J connectivity index is 2.94. The molecule has 0 spiro atoms. The Morgan fingerprint density at radius 1 is 1.25 bits per heavy atom. The minimum atomic E-state index is -0.488. The highest BCUT2D eigenvalue weighted by Crippen LogP contribution is 2.18. The highest BCUT2D eigenvalue weighted by molar-refractivity contribution is 6.23. The monoisotopic (exact) mass is 219 g/mol. The Morgan fingerprint density at radius 2 is 1.88 bits per heavy atom. The molecule has 1 aromatic rings. The number of amides is 1. The van der Waals surface area contributed by atoms with Gasteiger partial charge >= 0.3 is 0 Å². The van der Waals surface area contributed by atoms with Crippen LogP contribution in [0, 0.1) is 20.8 Å². The van der Waals surface area contributed by atoms with Crippen molar-refractivity contribution in [1.29, 1.82) is 0 Å². The SMILES string of the molecule is Cc1ccc(CN(C)C(=O)C=O)c(C)c1C. The number of aryl methyl sites for hydroxylation is 1. The zero-order valence-electron chi connectivity index (χ0n) is 10.2. The maximum atomic E-state index is 11.1. The summed E-state index contributed by atoms with van der Waals surface area (Å²) < 4.78 is 0. The van der Waals surface area contributed by atoms with Crippen LogP contribution in [0.15, 0.2) is 12.1 Å². The zero-order valence-corrected chi connectivity index (χ0v) is 10.2. The van der Waals surface area contributed by atoms with E-state index in [0.29, 0.717) is 12.8 Å². The number of likely N-dealkylation sites (N-methyl/N-ethyl adjacent to an activating group) is 1. The van der Waals surface area contributed by atoms with Gasteiger partial charge in [0.1, 0.15) is 0 Å². The molecule has 3 nitrogen and oxygen atoms in total. The topological polar surface area (TPSA) is 37.4 Å². The summed E-state index contributed by atoms with van der Waals surface area (Å²) in [4.78, 5) is 22.9. The van der Waals surface area contributed by atoms with E-state index in [-0.39, 0.29) is 0 Å². The van der Waals surface area contributed by atoms with Gasteiger partial charge in [-0.05, 0) is 43.0 Å². The quantitative estimate of drug-likeness (QED) is 0.574. The van der Waals surface area contributed by atoms with E-state index in [2.05, 4.69) is 13.8 Å². The summed E-state index contributed by atoms with van der Waals surface area (Å²) in [6.07, 6.45) is 0.344. The molecule has 0 radical (unpaired) electrons. The number of nitrogens with zero attached hydrogens (tertiary/aromatic N) is 1. The number of benzene rings is 1. The second-order valence-electron chi connectivity index (χ2n) is 4.10. The number of carbonyl (C=O) groups excluding carboxylic acids is 2. The molecule has 0 N–H and O–H groups in total. The summed E-state index contributed by atoms with van der Waals surface area (Å²) in [6, 6.07) is 4.04. The third-order valence-corrected chi connectivity index (χ3v) is 3.05. The molecule has 1 amide bonds. The predicted molar refractivity (Wildman–Crippen MR) is 63.2 cm³/mol. The largest absolute Gasteiger partial charge is 0.335 e. The Morgan fingerprint density at radius 3 is 2.44 bits per heavy atom. The first kappa shape index (κ1) is 12.4. The molecular weight excluding hydrogens is 202 g/mol. The number of aldehydes is 1. The van der Waals surface area contributed by atoms with Crippen LogP contribution < -0.4 is 0 Å². The average molecular weight is 219 g/mol.